The van der Waals surface area contributed by atoms with Crippen LogP contribution in [0.3, 0.4) is 0 Å². The second kappa shape index (κ2) is 2.13. The summed E-state index contributed by atoms with van der Waals surface area (Å²) in [6.07, 6.45) is 0. The van der Waals surface area contributed by atoms with E-state index in [0.717, 1.165) is 5.56 Å². The molecule has 2 heteroatoms. The lowest BCUT2D eigenvalue weighted by Crippen LogP contribution is -2.04. The van der Waals surface area contributed by atoms with Crippen molar-refractivity contribution in [2.45, 2.75) is 6.92 Å². The summed E-state index contributed by atoms with van der Waals surface area (Å²) in [5, 5.41) is 8.94. The van der Waals surface area contributed by atoms with Gasteiger partial charge in [-0.3, -0.25) is 0 Å². The van der Waals surface area contributed by atoms with E-state index >= 15 is 0 Å². The standard InChI is InChI=1S/C7H9BO/c1-5-4-6(9)2-3-7(5)8/h2-4,9H,8H2,1H3. The zero-order valence-corrected chi connectivity index (χ0v) is 5.68. The van der Waals surface area contributed by atoms with Gasteiger partial charge in [0.15, 0.2) is 0 Å². The number of hydrogen-bond acceptors (Lipinski definition) is 1. The van der Waals surface area contributed by atoms with E-state index in [4.69, 9.17) is 5.11 Å². The number of benzene rings is 1. The van der Waals surface area contributed by atoms with Gasteiger partial charge in [-0.1, -0.05) is 17.1 Å². The SMILES string of the molecule is Bc1ccc(O)cc1C. The minimum absolute atomic E-state index is 0.345. The van der Waals surface area contributed by atoms with Crippen molar-refractivity contribution in [3.05, 3.63) is 23.8 Å². The Hall–Kier alpha value is -0.915. The Morgan fingerprint density at radius 1 is 1.44 bits per heavy atom. The van der Waals surface area contributed by atoms with Gasteiger partial charge in [0.25, 0.3) is 0 Å². The molecule has 0 unspecified atom stereocenters. The van der Waals surface area contributed by atoms with E-state index in [1.54, 1.807) is 12.1 Å². The maximum Gasteiger partial charge on any atom is 0.139 e. The van der Waals surface area contributed by atoms with Gasteiger partial charge in [-0.05, 0) is 19.1 Å². The van der Waals surface area contributed by atoms with Crippen molar-refractivity contribution in [3.63, 3.8) is 0 Å². The van der Waals surface area contributed by atoms with Crippen molar-refractivity contribution < 1.29 is 5.11 Å². The van der Waals surface area contributed by atoms with Crippen molar-refractivity contribution in [2.24, 2.45) is 0 Å². The van der Waals surface area contributed by atoms with Crippen molar-refractivity contribution >= 4 is 13.3 Å². The summed E-state index contributed by atoms with van der Waals surface area (Å²) in [6.45, 7) is 1.98. The molecule has 0 aliphatic carbocycles. The van der Waals surface area contributed by atoms with Crippen LogP contribution in [0.5, 0.6) is 5.75 Å². The van der Waals surface area contributed by atoms with E-state index < -0.39 is 0 Å². The summed E-state index contributed by atoms with van der Waals surface area (Å²) >= 11 is 0. The lowest BCUT2D eigenvalue weighted by atomic mass is 9.91. The summed E-state index contributed by atoms with van der Waals surface area (Å²) in [5.74, 6) is 0.345. The minimum Gasteiger partial charge on any atom is -0.508 e. The molecular formula is C7H9BO. The van der Waals surface area contributed by atoms with Crippen molar-refractivity contribution in [3.8, 4) is 5.75 Å². The highest BCUT2D eigenvalue weighted by Gasteiger charge is 1.90. The summed E-state index contributed by atoms with van der Waals surface area (Å²) in [4.78, 5) is 0. The number of hydrogen-bond donors (Lipinski definition) is 1. The van der Waals surface area contributed by atoms with Gasteiger partial charge in [-0.2, -0.15) is 0 Å². The van der Waals surface area contributed by atoms with Crippen LogP contribution in [0.15, 0.2) is 18.2 Å². The Balaban J connectivity index is 3.17. The van der Waals surface area contributed by atoms with Gasteiger partial charge in [0, 0.05) is 0 Å². The Kier molecular flexibility index (Phi) is 1.47. The second-order valence-corrected chi connectivity index (χ2v) is 2.27. The lowest BCUT2D eigenvalue weighted by molar-refractivity contribution is 0.475. The Bertz CT molecular complexity index is 220. The van der Waals surface area contributed by atoms with Gasteiger partial charge in [-0.25, -0.2) is 0 Å². The van der Waals surface area contributed by atoms with Crippen LogP contribution in [0, 0.1) is 6.92 Å². The van der Waals surface area contributed by atoms with E-state index in [0.29, 0.717) is 5.75 Å². The first kappa shape index (κ1) is 6.21. The summed E-state index contributed by atoms with van der Waals surface area (Å²) in [7, 11) is 2.02. The topological polar surface area (TPSA) is 20.2 Å². The third-order valence-corrected chi connectivity index (χ3v) is 1.49. The van der Waals surface area contributed by atoms with Gasteiger partial charge in [0.05, 0.1) is 0 Å². The zero-order chi connectivity index (χ0) is 6.85. The normalized spacial score (nSPS) is 9.44. The summed E-state index contributed by atoms with van der Waals surface area (Å²) < 4.78 is 0. The average molecular weight is 120 g/mol. The molecule has 1 aromatic rings. The highest BCUT2D eigenvalue weighted by Crippen LogP contribution is 2.06. The molecule has 0 aliphatic rings. The summed E-state index contributed by atoms with van der Waals surface area (Å²) in [6, 6.07) is 5.36. The quantitative estimate of drug-likeness (QED) is 0.476. The molecule has 9 heavy (non-hydrogen) atoms. The molecule has 46 valence electrons. The Labute approximate surface area is 55.7 Å². The fourth-order valence-corrected chi connectivity index (χ4v) is 0.726. The first-order valence-electron chi connectivity index (χ1n) is 2.96. The number of phenolic OH excluding ortho intramolecular Hbond substituents is 1. The van der Waals surface area contributed by atoms with Crippen molar-refractivity contribution in [2.75, 3.05) is 0 Å². The smallest absolute Gasteiger partial charge is 0.139 e. The molecule has 0 fully saturated rings. The molecule has 0 aliphatic heterocycles. The van der Waals surface area contributed by atoms with Gasteiger partial charge >= 0.3 is 0 Å². The first-order chi connectivity index (χ1) is 4.20. The molecule has 0 heterocycles. The van der Waals surface area contributed by atoms with Crippen LogP contribution in [0.4, 0.5) is 0 Å². The molecule has 1 aromatic carbocycles. The predicted molar refractivity (Wildman–Crippen MR) is 41.0 cm³/mol. The largest absolute Gasteiger partial charge is 0.508 e. The van der Waals surface area contributed by atoms with Gasteiger partial charge in [0.1, 0.15) is 13.6 Å². The second-order valence-electron chi connectivity index (χ2n) is 2.27. The molecule has 0 bridgehead atoms. The Morgan fingerprint density at radius 2 is 2.11 bits per heavy atom. The molecule has 1 N–H and O–H groups in total. The number of aryl methyl sites for hydroxylation is 1. The monoisotopic (exact) mass is 120 g/mol. The van der Waals surface area contributed by atoms with E-state index in [1.165, 1.54) is 5.46 Å². The first-order valence-corrected chi connectivity index (χ1v) is 2.96. The van der Waals surface area contributed by atoms with Crippen LogP contribution in [-0.2, 0) is 0 Å². The van der Waals surface area contributed by atoms with Crippen molar-refractivity contribution in [1.82, 2.24) is 0 Å². The van der Waals surface area contributed by atoms with Crippen LogP contribution in [0.25, 0.3) is 0 Å². The maximum absolute atomic E-state index is 8.94. The highest BCUT2D eigenvalue weighted by atomic mass is 16.3. The molecule has 0 saturated heterocycles. The minimum atomic E-state index is 0.345. The zero-order valence-electron chi connectivity index (χ0n) is 5.68. The fourth-order valence-electron chi connectivity index (χ4n) is 0.726. The Morgan fingerprint density at radius 3 is 2.56 bits per heavy atom. The van der Waals surface area contributed by atoms with E-state index in [9.17, 15) is 0 Å². The molecule has 1 nitrogen and oxygen atoms in total. The molecule has 0 spiro atoms. The molecule has 0 atom stereocenters. The third-order valence-electron chi connectivity index (χ3n) is 1.49. The van der Waals surface area contributed by atoms with E-state index in [1.807, 2.05) is 20.8 Å². The number of phenols is 1. The lowest BCUT2D eigenvalue weighted by Gasteiger charge is -1.97. The average Bonchev–Trinajstić information content (AvgIpc) is 1.80. The van der Waals surface area contributed by atoms with Crippen LogP contribution < -0.4 is 5.46 Å². The van der Waals surface area contributed by atoms with Gasteiger partial charge in [0.2, 0.25) is 0 Å². The van der Waals surface area contributed by atoms with Gasteiger partial charge in [-0.15, -0.1) is 0 Å². The van der Waals surface area contributed by atoms with Crippen LogP contribution in [0.2, 0.25) is 0 Å². The van der Waals surface area contributed by atoms with Crippen LogP contribution >= 0.6 is 0 Å². The third kappa shape index (κ3) is 1.25. The molecule has 0 amide bonds. The molecule has 1 rings (SSSR count). The number of aromatic hydroxyl groups is 1. The summed E-state index contributed by atoms with van der Waals surface area (Å²) in [5.41, 5.74) is 2.35. The predicted octanol–water partition coefficient (Wildman–Crippen LogP) is -0.0410. The van der Waals surface area contributed by atoms with Crippen molar-refractivity contribution in [1.29, 1.82) is 0 Å². The van der Waals surface area contributed by atoms with Crippen LogP contribution in [-0.4, -0.2) is 13.0 Å². The van der Waals surface area contributed by atoms with Crippen LogP contribution in [0.1, 0.15) is 5.56 Å². The number of rotatable bonds is 0. The van der Waals surface area contributed by atoms with E-state index in [-0.39, 0.29) is 0 Å². The molecule has 0 radical (unpaired) electrons. The maximum atomic E-state index is 8.94. The van der Waals surface area contributed by atoms with E-state index in [2.05, 4.69) is 0 Å². The fraction of sp³-hybridized carbons (Fsp3) is 0.143. The molecule has 0 saturated carbocycles. The highest BCUT2D eigenvalue weighted by molar-refractivity contribution is 6.33. The van der Waals surface area contributed by atoms with Gasteiger partial charge < -0.3 is 5.11 Å². The molecular weight excluding hydrogens is 111 g/mol. The molecule has 0 aromatic heterocycles.